The maximum Gasteiger partial charge on any atom is 0.301 e. The monoisotopic (exact) mass is 752 g/mol. The predicted molar refractivity (Wildman–Crippen MR) is 240 cm³/mol. The van der Waals surface area contributed by atoms with Crippen LogP contribution in [0.15, 0.2) is 198 Å². The van der Waals surface area contributed by atoms with Gasteiger partial charge in [0, 0.05) is 33.3 Å². The lowest BCUT2D eigenvalue weighted by Crippen LogP contribution is -2.28. The molecule has 5 heteroatoms. The second kappa shape index (κ2) is 12.8. The largest absolute Gasteiger partial charge is 0.455 e. The first-order valence-electron chi connectivity index (χ1n) is 19.5. The fourth-order valence-electron chi connectivity index (χ4n) is 9.20. The Labute approximate surface area is 331 Å². The van der Waals surface area contributed by atoms with Gasteiger partial charge in [0.15, 0.2) is 0 Å². The van der Waals surface area contributed by atoms with Crippen molar-refractivity contribution in [3.8, 4) is 44.5 Å². The molecule has 2 aliphatic rings. The third kappa shape index (κ3) is 4.78. The van der Waals surface area contributed by atoms with Gasteiger partial charge in [-0.2, -0.15) is 0 Å². The molecule has 0 radical (unpaired) electrons. The Balaban J connectivity index is 1.12. The molecule has 0 saturated heterocycles. The zero-order chi connectivity index (χ0) is 38.3. The van der Waals surface area contributed by atoms with Gasteiger partial charge in [0.25, 0.3) is 0 Å². The third-order valence-electron chi connectivity index (χ3n) is 11.6. The predicted octanol–water partition coefficient (Wildman–Crippen LogP) is 14.7. The van der Waals surface area contributed by atoms with E-state index in [0.717, 1.165) is 72.3 Å². The molecule has 11 rings (SSSR count). The number of fused-ring (bicyclic) bond motifs is 7. The van der Waals surface area contributed by atoms with Crippen molar-refractivity contribution in [2.75, 3.05) is 9.34 Å². The Bertz CT molecular complexity index is 3170. The van der Waals surface area contributed by atoms with Gasteiger partial charge in [-0.25, -0.2) is 0 Å². The number of furan rings is 1. The molecular formula is C52H37N2O2P. The molecule has 0 fully saturated rings. The van der Waals surface area contributed by atoms with Gasteiger partial charge in [-0.15, -0.1) is 0 Å². The molecule has 1 atom stereocenters. The van der Waals surface area contributed by atoms with Gasteiger partial charge in [0.05, 0.1) is 16.7 Å². The van der Waals surface area contributed by atoms with Crippen LogP contribution in [-0.4, -0.2) is 0 Å². The summed E-state index contributed by atoms with van der Waals surface area (Å²) in [7, 11) is -3.49. The molecule has 0 N–H and O–H groups in total. The molecule has 0 amide bonds. The summed E-state index contributed by atoms with van der Waals surface area (Å²) in [6, 6.07) is 59.2. The topological polar surface area (TPSA) is 36.7 Å². The number of benzene rings is 8. The number of hydrogen-bond acceptors (Lipinski definition) is 2. The average molecular weight is 753 g/mol. The first-order chi connectivity index (χ1) is 28.1. The highest BCUT2D eigenvalue weighted by molar-refractivity contribution is 7.75. The SMILES string of the molecule is C/C=C\C(=C/C)N1c2ccc(-c3cccc4c3oc3c(-c5ccc6c7c(cccc57)-c5ccccc5-6)cccc34)cc2N(c2ccccc2)P1(=O)c1ccccc1. The van der Waals surface area contributed by atoms with Gasteiger partial charge in [0.1, 0.15) is 11.2 Å². The van der Waals surface area contributed by atoms with Crippen LogP contribution in [0.2, 0.25) is 0 Å². The van der Waals surface area contributed by atoms with Crippen LogP contribution < -0.4 is 14.6 Å². The van der Waals surface area contributed by atoms with Gasteiger partial charge in [0.2, 0.25) is 0 Å². The number of hydrogen-bond donors (Lipinski definition) is 0. The number of allylic oxidation sites excluding steroid dienone is 3. The van der Waals surface area contributed by atoms with Crippen molar-refractivity contribution >= 4 is 62.5 Å². The molecule has 1 aliphatic carbocycles. The summed E-state index contributed by atoms with van der Waals surface area (Å²) in [5.41, 5.74) is 14.5. The highest BCUT2D eigenvalue weighted by Crippen LogP contribution is 2.69. The van der Waals surface area contributed by atoms with E-state index in [4.69, 9.17) is 4.42 Å². The van der Waals surface area contributed by atoms with E-state index in [1.165, 1.54) is 33.0 Å². The first kappa shape index (κ1) is 33.5. The molecule has 2 heterocycles. The van der Waals surface area contributed by atoms with Gasteiger partial charge < -0.3 is 4.42 Å². The number of anilines is 3. The van der Waals surface area contributed by atoms with E-state index in [1.54, 1.807) is 0 Å². The first-order valence-corrected chi connectivity index (χ1v) is 21.1. The lowest BCUT2D eigenvalue weighted by molar-refractivity contribution is 0.582. The summed E-state index contributed by atoms with van der Waals surface area (Å²) in [6.45, 7) is 4.00. The van der Waals surface area contributed by atoms with E-state index in [2.05, 4.69) is 114 Å². The maximum atomic E-state index is 16.1. The second-order valence-electron chi connectivity index (χ2n) is 14.7. The Morgan fingerprint density at radius 1 is 0.526 bits per heavy atom. The zero-order valence-electron chi connectivity index (χ0n) is 31.6. The number of para-hydroxylation sites is 3. The fourth-order valence-corrected chi connectivity index (χ4v) is 12.3. The molecule has 0 spiro atoms. The highest BCUT2D eigenvalue weighted by Gasteiger charge is 2.49. The third-order valence-corrected chi connectivity index (χ3v) is 14.6. The molecule has 0 bridgehead atoms. The molecule has 4 nitrogen and oxygen atoms in total. The minimum atomic E-state index is -3.49. The van der Waals surface area contributed by atoms with Crippen molar-refractivity contribution in [2.24, 2.45) is 0 Å². The summed E-state index contributed by atoms with van der Waals surface area (Å²) in [5.74, 6) is 0. The van der Waals surface area contributed by atoms with Crippen LogP contribution in [0.5, 0.6) is 0 Å². The van der Waals surface area contributed by atoms with Crippen molar-refractivity contribution in [3.63, 3.8) is 0 Å². The Morgan fingerprint density at radius 3 is 1.81 bits per heavy atom. The van der Waals surface area contributed by atoms with Crippen LogP contribution >= 0.6 is 7.44 Å². The number of rotatable bonds is 6. The molecule has 8 aromatic carbocycles. The molecule has 1 aliphatic heterocycles. The zero-order valence-corrected chi connectivity index (χ0v) is 32.5. The normalized spacial score (nSPS) is 16.0. The summed E-state index contributed by atoms with van der Waals surface area (Å²) < 4.78 is 27.3. The van der Waals surface area contributed by atoms with E-state index in [0.29, 0.717) is 0 Å². The van der Waals surface area contributed by atoms with E-state index in [9.17, 15) is 0 Å². The van der Waals surface area contributed by atoms with Gasteiger partial charge >= 0.3 is 7.44 Å². The summed E-state index contributed by atoms with van der Waals surface area (Å²) in [4.78, 5) is 0. The van der Waals surface area contributed by atoms with Crippen LogP contribution in [0.25, 0.3) is 77.2 Å². The van der Waals surface area contributed by atoms with E-state index < -0.39 is 7.44 Å². The Hall–Kier alpha value is -6.87. The van der Waals surface area contributed by atoms with E-state index >= 15 is 4.57 Å². The summed E-state index contributed by atoms with van der Waals surface area (Å²) >= 11 is 0. The molecule has 272 valence electrons. The van der Waals surface area contributed by atoms with Crippen molar-refractivity contribution in [3.05, 3.63) is 194 Å². The number of nitrogens with zero attached hydrogens (tertiary/aromatic N) is 2. The van der Waals surface area contributed by atoms with Gasteiger partial charge in [-0.05, 0) is 100 Å². The quantitative estimate of drug-likeness (QED) is 0.125. The van der Waals surface area contributed by atoms with Crippen molar-refractivity contribution in [1.29, 1.82) is 0 Å². The highest BCUT2D eigenvalue weighted by atomic mass is 31.2. The summed E-state index contributed by atoms with van der Waals surface area (Å²) in [5, 5.41) is 5.41. The Kier molecular flexibility index (Phi) is 7.54. The smallest absolute Gasteiger partial charge is 0.301 e. The second-order valence-corrected chi connectivity index (χ2v) is 17.1. The Morgan fingerprint density at radius 2 is 1.11 bits per heavy atom. The lowest BCUT2D eigenvalue weighted by Gasteiger charge is -2.33. The molecule has 1 aromatic heterocycles. The minimum Gasteiger partial charge on any atom is -0.455 e. The van der Waals surface area contributed by atoms with Crippen LogP contribution in [0, 0.1) is 0 Å². The minimum absolute atomic E-state index is 0.759. The van der Waals surface area contributed by atoms with Crippen LogP contribution in [-0.2, 0) is 4.57 Å². The average Bonchev–Trinajstić information content (AvgIpc) is 3.90. The van der Waals surface area contributed by atoms with Crippen LogP contribution in [0.1, 0.15) is 13.8 Å². The lowest BCUT2D eigenvalue weighted by atomic mass is 9.93. The van der Waals surface area contributed by atoms with Crippen molar-refractivity contribution in [2.45, 2.75) is 13.8 Å². The van der Waals surface area contributed by atoms with Crippen molar-refractivity contribution in [1.82, 2.24) is 0 Å². The van der Waals surface area contributed by atoms with Gasteiger partial charge in [-0.1, -0.05) is 146 Å². The summed E-state index contributed by atoms with van der Waals surface area (Å²) in [6.07, 6.45) is 6.08. The molecule has 57 heavy (non-hydrogen) atoms. The fraction of sp³-hybridized carbons (Fsp3) is 0.0385. The van der Waals surface area contributed by atoms with Crippen LogP contribution in [0.3, 0.4) is 0 Å². The molecule has 9 aromatic rings. The maximum absolute atomic E-state index is 16.1. The molecular weight excluding hydrogens is 716 g/mol. The van der Waals surface area contributed by atoms with Gasteiger partial charge in [-0.3, -0.25) is 13.9 Å². The molecule has 0 saturated carbocycles. The molecule has 1 unspecified atom stereocenters. The standard InChI is InChI=1S/C52H37N2O2P/c1-3-16-35(4-2)53-48-32-29-34(33-49(48)54(36-17-7-5-8-18-36)57(53,55)37-19-9-6-10-20-37)38-23-13-27-46-47-28-15-26-45(52(47)56-51(38)46)41-30-31-44-40-22-12-11-21-39(40)42-24-14-25-43(41)50(42)44/h3-33H,1-2H3/b16-3-,35-4+. The van der Waals surface area contributed by atoms with E-state index in [-0.39, 0.29) is 0 Å². The van der Waals surface area contributed by atoms with E-state index in [1.807, 2.05) is 97.4 Å². The van der Waals surface area contributed by atoms with Crippen molar-refractivity contribution < 1.29 is 8.98 Å². The van der Waals surface area contributed by atoms with Crippen LogP contribution in [0.4, 0.5) is 17.1 Å².